The molecule has 0 spiro atoms. The predicted octanol–water partition coefficient (Wildman–Crippen LogP) is 5.98. The molecule has 0 fully saturated rings. The van der Waals surface area contributed by atoms with Crippen LogP contribution in [0, 0.1) is 11.6 Å². The summed E-state index contributed by atoms with van der Waals surface area (Å²) in [5, 5.41) is 8.01. The van der Waals surface area contributed by atoms with Crippen LogP contribution < -0.4 is 4.74 Å². The van der Waals surface area contributed by atoms with Gasteiger partial charge in [0.15, 0.2) is 6.61 Å². The summed E-state index contributed by atoms with van der Waals surface area (Å²) in [6.45, 7) is 0.597. The molecule has 6 nitrogen and oxygen atoms in total. The van der Waals surface area contributed by atoms with Gasteiger partial charge in [0.1, 0.15) is 17.4 Å². The number of hydrogen-bond donors (Lipinski definition) is 0. The fourth-order valence-electron chi connectivity index (χ4n) is 5.12. The van der Waals surface area contributed by atoms with E-state index in [9.17, 15) is 18.4 Å². The quantitative estimate of drug-likeness (QED) is 0.281. The number of nitrogens with zero attached hydrogens (tertiary/aromatic N) is 3. The highest BCUT2D eigenvalue weighted by Crippen LogP contribution is 2.34. The summed E-state index contributed by atoms with van der Waals surface area (Å²) in [6.07, 6.45) is 1.08. The van der Waals surface area contributed by atoms with Crippen LogP contribution in [-0.4, -0.2) is 40.6 Å². The van der Waals surface area contributed by atoms with Crippen molar-refractivity contribution in [3.8, 4) is 5.75 Å². The minimum atomic E-state index is -0.375. The first kappa shape index (κ1) is 25.9. The molecule has 1 atom stereocenters. The Morgan fingerprint density at radius 1 is 0.975 bits per heavy atom. The number of thiophene rings is 1. The zero-order valence-electron chi connectivity index (χ0n) is 21.4. The van der Waals surface area contributed by atoms with Crippen molar-refractivity contribution in [3.05, 3.63) is 123 Å². The van der Waals surface area contributed by atoms with Crippen molar-refractivity contribution in [2.24, 2.45) is 5.10 Å². The molecule has 4 aromatic rings. The molecule has 202 valence electrons. The third-order valence-electron chi connectivity index (χ3n) is 7.15. The molecule has 1 aromatic heterocycles. The molecule has 0 saturated heterocycles. The van der Waals surface area contributed by atoms with E-state index in [0.717, 1.165) is 27.3 Å². The fraction of sp³-hybridized carbons (Fsp3) is 0.194. The van der Waals surface area contributed by atoms with Crippen LogP contribution in [0.25, 0.3) is 0 Å². The number of hydrogen-bond acceptors (Lipinski definition) is 5. The summed E-state index contributed by atoms with van der Waals surface area (Å²) in [7, 11) is 0. The third-order valence-corrected chi connectivity index (χ3v) is 8.07. The molecule has 0 aliphatic carbocycles. The molecule has 0 saturated carbocycles. The Morgan fingerprint density at radius 2 is 1.73 bits per heavy atom. The number of carbonyl (C=O) groups is 2. The monoisotopic (exact) mass is 557 g/mol. The number of ether oxygens (including phenoxy) is 1. The highest BCUT2D eigenvalue weighted by Gasteiger charge is 2.34. The van der Waals surface area contributed by atoms with E-state index in [1.54, 1.807) is 58.7 Å². The van der Waals surface area contributed by atoms with Gasteiger partial charge >= 0.3 is 0 Å². The molecule has 40 heavy (non-hydrogen) atoms. The SMILES string of the molecule is O=C1c2cccc(OCC(=O)N3N=C(c4cccs4)CC3c3ccc(F)cc3)c2CCN1Cc1ccc(F)cc1. The topological polar surface area (TPSA) is 62.2 Å². The number of fused-ring (bicyclic) bond motifs is 1. The minimum absolute atomic E-state index is 0.136. The summed E-state index contributed by atoms with van der Waals surface area (Å²) in [5.41, 5.74) is 3.72. The average molecular weight is 558 g/mol. The Bertz CT molecular complexity index is 1570. The lowest BCUT2D eigenvalue weighted by Gasteiger charge is -2.30. The zero-order chi connectivity index (χ0) is 27.6. The van der Waals surface area contributed by atoms with Crippen molar-refractivity contribution in [1.29, 1.82) is 0 Å². The Balaban J connectivity index is 1.18. The van der Waals surface area contributed by atoms with Crippen LogP contribution in [-0.2, 0) is 17.8 Å². The molecule has 0 N–H and O–H groups in total. The van der Waals surface area contributed by atoms with Crippen molar-refractivity contribution in [2.45, 2.75) is 25.4 Å². The number of amides is 2. The van der Waals surface area contributed by atoms with E-state index in [0.29, 0.717) is 37.2 Å². The van der Waals surface area contributed by atoms with Crippen LogP contribution in [0.1, 0.15) is 44.4 Å². The van der Waals surface area contributed by atoms with E-state index in [-0.39, 0.29) is 36.1 Å². The van der Waals surface area contributed by atoms with Crippen molar-refractivity contribution in [2.75, 3.05) is 13.2 Å². The number of hydrazone groups is 1. The molecule has 6 rings (SSSR count). The van der Waals surface area contributed by atoms with E-state index < -0.39 is 0 Å². The van der Waals surface area contributed by atoms with Gasteiger partial charge in [-0.15, -0.1) is 11.3 Å². The molecule has 1 unspecified atom stereocenters. The Hall–Kier alpha value is -4.37. The van der Waals surface area contributed by atoms with Gasteiger partial charge in [-0.3, -0.25) is 9.59 Å². The maximum atomic E-state index is 13.6. The highest BCUT2D eigenvalue weighted by molar-refractivity contribution is 7.12. The standard InChI is InChI=1S/C31H25F2N3O3S/c32-22-10-6-20(7-11-22)18-35-15-14-24-25(31(35)38)3-1-4-28(24)39-19-30(37)36-27(21-8-12-23(33)13-9-21)17-26(34-36)29-5-2-16-40-29/h1-13,16,27H,14-15,17-19H2. The van der Waals surface area contributed by atoms with Gasteiger partial charge in [0.25, 0.3) is 11.8 Å². The molecule has 3 aromatic carbocycles. The van der Waals surface area contributed by atoms with Crippen molar-refractivity contribution >= 4 is 28.9 Å². The summed E-state index contributed by atoms with van der Waals surface area (Å²) in [4.78, 5) is 29.4. The van der Waals surface area contributed by atoms with E-state index in [1.807, 2.05) is 17.5 Å². The van der Waals surface area contributed by atoms with Crippen LogP contribution in [0.15, 0.2) is 89.3 Å². The van der Waals surface area contributed by atoms with E-state index >= 15 is 0 Å². The second kappa shape index (κ2) is 11.0. The summed E-state index contributed by atoms with van der Waals surface area (Å²) in [5.74, 6) is -0.647. The maximum absolute atomic E-state index is 13.6. The second-order valence-corrected chi connectivity index (χ2v) is 10.7. The summed E-state index contributed by atoms with van der Waals surface area (Å²) >= 11 is 1.55. The normalized spacial score (nSPS) is 16.6. The summed E-state index contributed by atoms with van der Waals surface area (Å²) < 4.78 is 32.9. The van der Waals surface area contributed by atoms with Gasteiger partial charge in [-0.2, -0.15) is 5.10 Å². The van der Waals surface area contributed by atoms with E-state index in [4.69, 9.17) is 4.74 Å². The second-order valence-electron chi connectivity index (χ2n) is 9.71. The largest absolute Gasteiger partial charge is 0.483 e. The van der Waals surface area contributed by atoms with Crippen LogP contribution in [0.4, 0.5) is 8.78 Å². The molecule has 2 aliphatic heterocycles. The predicted molar refractivity (Wildman–Crippen MR) is 148 cm³/mol. The van der Waals surface area contributed by atoms with Crippen molar-refractivity contribution < 1.29 is 23.1 Å². The number of rotatable bonds is 7. The highest BCUT2D eigenvalue weighted by atomic mass is 32.1. The number of benzene rings is 3. The lowest BCUT2D eigenvalue weighted by molar-refractivity contribution is -0.135. The first-order valence-electron chi connectivity index (χ1n) is 12.9. The van der Waals surface area contributed by atoms with Gasteiger partial charge in [-0.1, -0.05) is 36.4 Å². The molecule has 3 heterocycles. The Labute approximate surface area is 234 Å². The molecule has 0 bridgehead atoms. The van der Waals surface area contributed by atoms with Crippen LogP contribution in [0.2, 0.25) is 0 Å². The van der Waals surface area contributed by atoms with Crippen LogP contribution >= 0.6 is 11.3 Å². The van der Waals surface area contributed by atoms with Gasteiger partial charge in [0, 0.05) is 30.6 Å². The minimum Gasteiger partial charge on any atom is -0.483 e. The van der Waals surface area contributed by atoms with Gasteiger partial charge < -0.3 is 9.64 Å². The zero-order valence-corrected chi connectivity index (χ0v) is 22.2. The third kappa shape index (κ3) is 5.24. The van der Waals surface area contributed by atoms with Crippen LogP contribution in [0.5, 0.6) is 5.75 Å². The first-order chi connectivity index (χ1) is 19.5. The number of halogens is 2. The molecular formula is C31H25F2N3O3S. The summed E-state index contributed by atoms with van der Waals surface area (Å²) in [6, 6.07) is 21.0. The lowest BCUT2D eigenvalue weighted by atomic mass is 9.97. The van der Waals surface area contributed by atoms with Gasteiger partial charge in [0.05, 0.1) is 16.6 Å². The maximum Gasteiger partial charge on any atom is 0.281 e. The first-order valence-corrected chi connectivity index (χ1v) is 13.8. The number of carbonyl (C=O) groups excluding carboxylic acids is 2. The van der Waals surface area contributed by atoms with E-state index in [1.165, 1.54) is 29.3 Å². The molecule has 0 radical (unpaired) electrons. The van der Waals surface area contributed by atoms with Gasteiger partial charge in [0.2, 0.25) is 0 Å². The van der Waals surface area contributed by atoms with E-state index in [2.05, 4.69) is 5.10 Å². The fourth-order valence-corrected chi connectivity index (χ4v) is 5.84. The molecular weight excluding hydrogens is 532 g/mol. The Morgan fingerprint density at radius 3 is 2.45 bits per heavy atom. The molecule has 2 amide bonds. The van der Waals surface area contributed by atoms with Crippen molar-refractivity contribution in [3.63, 3.8) is 0 Å². The van der Waals surface area contributed by atoms with Crippen molar-refractivity contribution in [1.82, 2.24) is 9.91 Å². The molecule has 2 aliphatic rings. The Kier molecular flexibility index (Phi) is 7.13. The lowest BCUT2D eigenvalue weighted by Crippen LogP contribution is -2.37. The average Bonchev–Trinajstić information content (AvgIpc) is 3.66. The smallest absolute Gasteiger partial charge is 0.281 e. The van der Waals surface area contributed by atoms with Crippen LogP contribution in [0.3, 0.4) is 0 Å². The molecule has 9 heteroatoms. The van der Waals surface area contributed by atoms with Gasteiger partial charge in [-0.05, 0) is 65.4 Å². The van der Waals surface area contributed by atoms with Gasteiger partial charge in [-0.25, -0.2) is 13.8 Å².